The number of fused-ring (bicyclic) bond motifs is 8. The summed E-state index contributed by atoms with van der Waals surface area (Å²) in [5.74, 6) is 0. The maximum atomic E-state index is 4.62. The third-order valence-electron chi connectivity index (χ3n) is 4.04. The minimum Gasteiger partial charge on any atom is -0.355 e. The first-order valence-corrected chi connectivity index (χ1v) is 13.5. The maximum absolute atomic E-state index is 4.62. The molecule has 5 rings (SSSR count). The van der Waals surface area contributed by atoms with Gasteiger partial charge in [0, 0.05) is 38.8 Å². The Labute approximate surface area is 264 Å². The number of rotatable bonds is 0. The molecular weight excluding hydrogens is 547 g/mol. The molecule has 5 heteroatoms. The molecule has 2 aliphatic heterocycles. The van der Waals surface area contributed by atoms with Crippen LogP contribution in [-0.2, 0) is 16.8 Å². The van der Waals surface area contributed by atoms with Gasteiger partial charge in [0.15, 0.2) is 0 Å². The first-order chi connectivity index (χ1) is 19.8. The van der Waals surface area contributed by atoms with Gasteiger partial charge in [0.2, 0.25) is 0 Å². The fraction of sp³-hybridized carbons (Fsp3) is 0.222. The van der Waals surface area contributed by atoms with Crippen LogP contribution in [-0.4, -0.2) is 19.9 Å². The Morgan fingerprint density at radius 1 is 0.366 bits per heavy atom. The van der Waals surface area contributed by atoms with Crippen molar-refractivity contribution >= 4 is 46.4 Å². The van der Waals surface area contributed by atoms with E-state index >= 15 is 0 Å². The molecule has 2 aliphatic rings. The third kappa shape index (κ3) is 19.0. The van der Waals surface area contributed by atoms with E-state index < -0.39 is 0 Å². The smallest absolute Gasteiger partial charge is 0.0659 e. The van der Waals surface area contributed by atoms with Gasteiger partial charge in [0.1, 0.15) is 0 Å². The van der Waals surface area contributed by atoms with Crippen LogP contribution in [0.3, 0.4) is 0 Å². The Balaban J connectivity index is -0.000000222. The van der Waals surface area contributed by atoms with Gasteiger partial charge in [-0.05, 0) is 72.8 Å². The number of aromatic amines is 2. The van der Waals surface area contributed by atoms with Gasteiger partial charge in [-0.15, -0.1) is 0 Å². The number of hydrogen-bond donors (Lipinski definition) is 2. The second kappa shape index (κ2) is 35.1. The predicted octanol–water partition coefficient (Wildman–Crippen LogP) is 11.4. The molecule has 0 aromatic carbocycles. The van der Waals surface area contributed by atoms with E-state index in [2.05, 4.69) is 106 Å². The first kappa shape index (κ1) is 47.9. The van der Waals surface area contributed by atoms with E-state index in [1.165, 1.54) is 0 Å². The molecule has 0 saturated carbocycles. The van der Waals surface area contributed by atoms with E-state index in [9.17, 15) is 0 Å². The molecule has 0 atom stereocenters. The molecule has 8 bridgehead atoms. The summed E-state index contributed by atoms with van der Waals surface area (Å²) in [5, 5.41) is 0. The Hall–Kier alpha value is -2.89. The van der Waals surface area contributed by atoms with Crippen LogP contribution in [0.5, 0.6) is 0 Å². The second-order valence-corrected chi connectivity index (χ2v) is 5.91. The molecule has 0 spiro atoms. The van der Waals surface area contributed by atoms with E-state index in [1.807, 2.05) is 42.5 Å². The Bertz CT molecular complexity index is 1080. The van der Waals surface area contributed by atoms with Gasteiger partial charge in [-0.25, -0.2) is 9.97 Å². The summed E-state index contributed by atoms with van der Waals surface area (Å²) in [6.07, 6.45) is 8.05. The summed E-state index contributed by atoms with van der Waals surface area (Å²) in [4.78, 5) is 16.0. The zero-order valence-corrected chi connectivity index (χ0v) is 27.9. The van der Waals surface area contributed by atoms with Gasteiger partial charge in [-0.3, -0.25) is 0 Å². The van der Waals surface area contributed by atoms with Gasteiger partial charge >= 0.3 is 0 Å². The molecule has 235 valence electrons. The summed E-state index contributed by atoms with van der Waals surface area (Å²) in [7, 11) is 0. The maximum Gasteiger partial charge on any atom is 0.0659 e. The van der Waals surface area contributed by atoms with Crippen LogP contribution >= 0.6 is 0 Å². The van der Waals surface area contributed by atoms with Gasteiger partial charge in [0.05, 0.1) is 22.8 Å². The summed E-state index contributed by atoms with van der Waals surface area (Å²) < 4.78 is 0. The van der Waals surface area contributed by atoms with Crippen molar-refractivity contribution in [3.63, 3.8) is 0 Å². The molecular formula is C36H54CoN4-8. The quantitative estimate of drug-likeness (QED) is 0.174. The fourth-order valence-corrected chi connectivity index (χ4v) is 2.94. The average molecular weight is 602 g/mol. The van der Waals surface area contributed by atoms with Crippen molar-refractivity contribution in [2.45, 2.75) is 55.4 Å². The van der Waals surface area contributed by atoms with Crippen molar-refractivity contribution in [3.8, 4) is 0 Å². The first-order valence-electron chi connectivity index (χ1n) is 13.5. The largest absolute Gasteiger partial charge is 0.355 e. The molecule has 3 aromatic rings. The number of nitrogens with zero attached hydrogens (tertiary/aromatic N) is 2. The van der Waals surface area contributed by atoms with Gasteiger partial charge < -0.3 is 65.4 Å². The van der Waals surface area contributed by atoms with Crippen LogP contribution in [0.15, 0.2) is 48.5 Å². The van der Waals surface area contributed by atoms with Crippen molar-refractivity contribution in [2.75, 3.05) is 0 Å². The molecule has 41 heavy (non-hydrogen) atoms. The van der Waals surface area contributed by atoms with E-state index in [1.54, 1.807) is 55.4 Å². The SMILES string of the molecule is C1=Cc2cc3ccc(cc4ccc(cc5nc(cc1n2)C=C5)[nH]4)[nH]3.[CH2-]C.[CH2-]C.[CH2-]C.[CH2-]C.[CH2-]C.[CH2-]C.[CH2-]C.[CH2-]C.[Co]. The molecule has 4 nitrogen and oxygen atoms in total. The molecule has 2 N–H and O–H groups in total. The third-order valence-corrected chi connectivity index (χ3v) is 4.04. The average Bonchev–Trinajstić information content (AvgIpc) is 3.88. The molecule has 5 heterocycles. The molecule has 0 saturated heterocycles. The summed E-state index contributed by atoms with van der Waals surface area (Å²) in [5.41, 5.74) is 7.86. The van der Waals surface area contributed by atoms with Crippen LogP contribution in [0.4, 0.5) is 0 Å². The van der Waals surface area contributed by atoms with E-state index in [-0.39, 0.29) is 16.8 Å². The van der Waals surface area contributed by atoms with Crippen molar-refractivity contribution in [1.29, 1.82) is 0 Å². The standard InChI is InChI=1S/C20H14N4.8C2H5.Co/c1-2-14-10-16-5-6-18(23-16)12-20-8-7-19(24-20)11-17-4-3-15(22-17)9-13(1)21-14;8*1-2;/h1-12,21-22H;8*1H2,2H3;/q;8*-1;. The van der Waals surface area contributed by atoms with E-state index in [4.69, 9.17) is 0 Å². The number of H-pyrrole nitrogens is 2. The molecule has 3 aromatic heterocycles. The predicted molar refractivity (Wildman–Crippen MR) is 187 cm³/mol. The monoisotopic (exact) mass is 601 g/mol. The minimum absolute atomic E-state index is 0. The van der Waals surface area contributed by atoms with Crippen LogP contribution < -0.4 is 0 Å². The fourth-order valence-electron chi connectivity index (χ4n) is 2.94. The van der Waals surface area contributed by atoms with Gasteiger partial charge in [0.25, 0.3) is 0 Å². The zero-order chi connectivity index (χ0) is 31.9. The van der Waals surface area contributed by atoms with E-state index in [0.29, 0.717) is 0 Å². The summed E-state index contributed by atoms with van der Waals surface area (Å²) in [6, 6.07) is 16.4. The van der Waals surface area contributed by atoms with Crippen molar-refractivity contribution in [3.05, 3.63) is 127 Å². The second-order valence-electron chi connectivity index (χ2n) is 5.91. The Morgan fingerprint density at radius 3 is 0.854 bits per heavy atom. The minimum atomic E-state index is 0. The molecule has 0 amide bonds. The van der Waals surface area contributed by atoms with Gasteiger partial charge in [-0.2, -0.15) is 55.4 Å². The van der Waals surface area contributed by atoms with Crippen LogP contribution in [0.1, 0.15) is 78.2 Å². The van der Waals surface area contributed by atoms with Crippen LogP contribution in [0.2, 0.25) is 0 Å². The van der Waals surface area contributed by atoms with Crippen LogP contribution in [0, 0.1) is 55.4 Å². The summed E-state index contributed by atoms with van der Waals surface area (Å²) in [6.45, 7) is 40.0. The topological polar surface area (TPSA) is 57.4 Å². The number of aromatic nitrogens is 4. The normalized spacial score (nSPS) is 8.59. The van der Waals surface area contributed by atoms with Crippen LogP contribution in [0.25, 0.3) is 46.4 Å². The van der Waals surface area contributed by atoms with Gasteiger partial charge in [-0.1, -0.05) is 0 Å². The summed E-state index contributed by atoms with van der Waals surface area (Å²) >= 11 is 0. The van der Waals surface area contributed by atoms with Crippen molar-refractivity contribution in [1.82, 2.24) is 19.9 Å². The number of hydrogen-bond acceptors (Lipinski definition) is 2. The van der Waals surface area contributed by atoms with Crippen molar-refractivity contribution in [2.24, 2.45) is 0 Å². The molecule has 0 unspecified atom stereocenters. The zero-order valence-electron chi connectivity index (χ0n) is 26.8. The number of nitrogens with one attached hydrogen (secondary N) is 2. The molecule has 0 fully saturated rings. The Morgan fingerprint density at radius 2 is 0.585 bits per heavy atom. The Kier molecular flexibility index (Phi) is 41.0. The molecule has 1 radical (unpaired) electrons. The van der Waals surface area contributed by atoms with Crippen molar-refractivity contribution < 1.29 is 16.8 Å². The van der Waals surface area contributed by atoms with E-state index in [0.717, 1.165) is 44.8 Å². The molecule has 0 aliphatic carbocycles.